The van der Waals surface area contributed by atoms with E-state index in [9.17, 15) is 0 Å². The molecule has 0 radical (unpaired) electrons. The van der Waals surface area contributed by atoms with Crippen molar-refractivity contribution >= 4 is 11.3 Å². The minimum atomic E-state index is 0.777. The first-order valence-electron chi connectivity index (χ1n) is 7.59. The van der Waals surface area contributed by atoms with Crippen LogP contribution in [0, 0.1) is 0 Å². The molecule has 1 aliphatic heterocycles. The number of thiazole rings is 1. The van der Waals surface area contributed by atoms with Crippen LogP contribution in [0.2, 0.25) is 0 Å². The highest BCUT2D eigenvalue weighted by atomic mass is 32.1. The zero-order valence-electron chi connectivity index (χ0n) is 11.2. The Kier molecular flexibility index (Phi) is 4.32. The molecule has 1 aromatic rings. The third kappa shape index (κ3) is 3.12. The average Bonchev–Trinajstić information content (AvgIpc) is 2.89. The Morgan fingerprint density at radius 1 is 1.06 bits per heavy atom. The second-order valence-electron chi connectivity index (χ2n) is 5.84. The second-order valence-corrected chi connectivity index (χ2v) is 6.98. The van der Waals surface area contributed by atoms with Crippen LogP contribution in [0.5, 0.6) is 0 Å². The quantitative estimate of drug-likeness (QED) is 0.814. The van der Waals surface area contributed by atoms with E-state index in [1.165, 1.54) is 74.3 Å². The van der Waals surface area contributed by atoms with Gasteiger partial charge in [-0.3, -0.25) is 4.90 Å². The van der Waals surface area contributed by atoms with Crippen LogP contribution in [-0.4, -0.2) is 23.0 Å². The van der Waals surface area contributed by atoms with Crippen LogP contribution >= 0.6 is 11.3 Å². The molecule has 0 bridgehead atoms. The van der Waals surface area contributed by atoms with Gasteiger partial charge in [0, 0.05) is 23.5 Å². The van der Waals surface area contributed by atoms with E-state index in [0.717, 1.165) is 12.5 Å². The van der Waals surface area contributed by atoms with Gasteiger partial charge >= 0.3 is 0 Å². The van der Waals surface area contributed by atoms with Crippen LogP contribution in [0.15, 0.2) is 6.20 Å². The van der Waals surface area contributed by atoms with E-state index >= 15 is 0 Å². The molecule has 0 unspecified atom stereocenters. The van der Waals surface area contributed by atoms with Crippen molar-refractivity contribution in [2.75, 3.05) is 13.1 Å². The number of hydrogen-bond acceptors (Lipinski definition) is 3. The van der Waals surface area contributed by atoms with Crippen molar-refractivity contribution in [3.8, 4) is 0 Å². The van der Waals surface area contributed by atoms with E-state index in [-0.39, 0.29) is 0 Å². The normalized spacial score (nSPS) is 23.3. The zero-order valence-corrected chi connectivity index (χ0v) is 12.1. The number of hydrogen-bond donors (Lipinski definition) is 0. The van der Waals surface area contributed by atoms with Crippen molar-refractivity contribution in [1.82, 2.24) is 9.88 Å². The highest BCUT2D eigenvalue weighted by Crippen LogP contribution is 2.35. The first-order chi connectivity index (χ1) is 8.92. The van der Waals surface area contributed by atoms with Crippen LogP contribution in [0.25, 0.3) is 0 Å². The first kappa shape index (κ1) is 12.6. The lowest BCUT2D eigenvalue weighted by atomic mass is 9.90. The molecule has 100 valence electrons. The van der Waals surface area contributed by atoms with Crippen LogP contribution in [-0.2, 0) is 6.54 Å². The zero-order chi connectivity index (χ0) is 12.2. The number of aromatic nitrogens is 1. The molecule has 18 heavy (non-hydrogen) atoms. The molecule has 3 rings (SSSR count). The van der Waals surface area contributed by atoms with Gasteiger partial charge in [0.2, 0.25) is 0 Å². The lowest BCUT2D eigenvalue weighted by Gasteiger charge is -2.25. The van der Waals surface area contributed by atoms with Gasteiger partial charge in [-0.05, 0) is 38.8 Å². The summed E-state index contributed by atoms with van der Waals surface area (Å²) in [5.41, 5.74) is 0. The minimum absolute atomic E-state index is 0.777. The largest absolute Gasteiger partial charge is 0.298 e. The topological polar surface area (TPSA) is 16.1 Å². The van der Waals surface area contributed by atoms with Gasteiger partial charge in [0.1, 0.15) is 0 Å². The van der Waals surface area contributed by atoms with Gasteiger partial charge in [0.25, 0.3) is 0 Å². The Morgan fingerprint density at radius 2 is 1.78 bits per heavy atom. The Labute approximate surface area is 114 Å². The lowest BCUT2D eigenvalue weighted by molar-refractivity contribution is 0.222. The molecule has 0 atom stereocenters. The maximum Gasteiger partial charge on any atom is 0.0959 e. The average molecular weight is 264 g/mol. The molecule has 1 aromatic heterocycles. The molecule has 0 spiro atoms. The molecule has 2 heterocycles. The van der Waals surface area contributed by atoms with Gasteiger partial charge in [0.15, 0.2) is 0 Å². The Balaban J connectivity index is 1.58. The molecule has 1 aliphatic carbocycles. The third-order valence-electron chi connectivity index (χ3n) is 4.35. The molecular weight excluding hydrogens is 240 g/mol. The van der Waals surface area contributed by atoms with E-state index in [1.54, 1.807) is 0 Å². The molecule has 2 aliphatic rings. The van der Waals surface area contributed by atoms with Crippen molar-refractivity contribution in [2.24, 2.45) is 0 Å². The van der Waals surface area contributed by atoms with Crippen molar-refractivity contribution in [2.45, 2.75) is 63.8 Å². The number of piperidine rings is 1. The molecule has 1 saturated carbocycles. The molecule has 0 aromatic carbocycles. The van der Waals surface area contributed by atoms with E-state index in [4.69, 9.17) is 4.98 Å². The highest BCUT2D eigenvalue weighted by Gasteiger charge is 2.19. The summed E-state index contributed by atoms with van der Waals surface area (Å²) in [5, 5.41) is 1.42. The van der Waals surface area contributed by atoms with Crippen molar-refractivity contribution in [3.05, 3.63) is 16.1 Å². The SMILES string of the molecule is c1nc(C2CCCCC2)sc1CN1CCCCC1. The molecule has 0 amide bonds. The van der Waals surface area contributed by atoms with Crippen molar-refractivity contribution < 1.29 is 0 Å². The first-order valence-corrected chi connectivity index (χ1v) is 8.40. The van der Waals surface area contributed by atoms with Crippen LogP contribution < -0.4 is 0 Å². The summed E-state index contributed by atoms with van der Waals surface area (Å²) in [4.78, 5) is 8.78. The Hall–Kier alpha value is -0.410. The second kappa shape index (κ2) is 6.16. The Bertz CT molecular complexity index is 362. The van der Waals surface area contributed by atoms with E-state index in [1.807, 2.05) is 11.3 Å². The lowest BCUT2D eigenvalue weighted by Crippen LogP contribution is -2.28. The standard InChI is InChI=1S/C15H24N2S/c1-3-7-13(8-4-1)15-16-11-14(18-15)12-17-9-5-2-6-10-17/h11,13H,1-10,12H2. The van der Waals surface area contributed by atoms with E-state index in [0.29, 0.717) is 0 Å². The van der Waals surface area contributed by atoms with Gasteiger partial charge < -0.3 is 0 Å². The van der Waals surface area contributed by atoms with Crippen molar-refractivity contribution in [1.29, 1.82) is 0 Å². The predicted molar refractivity (Wildman–Crippen MR) is 77.1 cm³/mol. The number of likely N-dealkylation sites (tertiary alicyclic amines) is 1. The smallest absolute Gasteiger partial charge is 0.0959 e. The molecule has 1 saturated heterocycles. The monoisotopic (exact) mass is 264 g/mol. The molecule has 2 nitrogen and oxygen atoms in total. The molecule has 0 N–H and O–H groups in total. The fourth-order valence-corrected chi connectivity index (χ4v) is 4.40. The van der Waals surface area contributed by atoms with Gasteiger partial charge in [-0.2, -0.15) is 0 Å². The van der Waals surface area contributed by atoms with E-state index in [2.05, 4.69) is 11.1 Å². The van der Waals surface area contributed by atoms with Gasteiger partial charge in [0.05, 0.1) is 5.01 Å². The minimum Gasteiger partial charge on any atom is -0.298 e. The number of nitrogens with zero attached hydrogens (tertiary/aromatic N) is 2. The third-order valence-corrected chi connectivity index (χ3v) is 5.50. The maximum absolute atomic E-state index is 4.70. The van der Waals surface area contributed by atoms with Gasteiger partial charge in [-0.25, -0.2) is 4.98 Å². The number of rotatable bonds is 3. The van der Waals surface area contributed by atoms with Gasteiger partial charge in [-0.1, -0.05) is 25.7 Å². The highest BCUT2D eigenvalue weighted by molar-refractivity contribution is 7.11. The fourth-order valence-electron chi connectivity index (χ4n) is 3.27. The van der Waals surface area contributed by atoms with E-state index < -0.39 is 0 Å². The summed E-state index contributed by atoms with van der Waals surface area (Å²) in [7, 11) is 0. The summed E-state index contributed by atoms with van der Waals surface area (Å²) in [6.07, 6.45) is 13.3. The van der Waals surface area contributed by atoms with Gasteiger partial charge in [-0.15, -0.1) is 11.3 Å². The fraction of sp³-hybridized carbons (Fsp3) is 0.800. The summed E-state index contributed by atoms with van der Waals surface area (Å²) in [5.74, 6) is 0.777. The molecule has 3 heteroatoms. The summed E-state index contributed by atoms with van der Waals surface area (Å²) in [6.45, 7) is 3.72. The van der Waals surface area contributed by atoms with Crippen LogP contribution in [0.1, 0.15) is 67.2 Å². The van der Waals surface area contributed by atoms with Crippen LogP contribution in [0.3, 0.4) is 0 Å². The Morgan fingerprint density at radius 3 is 2.56 bits per heavy atom. The van der Waals surface area contributed by atoms with Crippen molar-refractivity contribution in [3.63, 3.8) is 0 Å². The van der Waals surface area contributed by atoms with Crippen LogP contribution in [0.4, 0.5) is 0 Å². The summed E-state index contributed by atoms with van der Waals surface area (Å²) in [6, 6.07) is 0. The summed E-state index contributed by atoms with van der Waals surface area (Å²) < 4.78 is 0. The molecule has 2 fully saturated rings. The summed E-state index contributed by atoms with van der Waals surface area (Å²) >= 11 is 1.98. The maximum atomic E-state index is 4.70. The predicted octanol–water partition coefficient (Wildman–Crippen LogP) is 4.18. The molecular formula is C15H24N2S.